The van der Waals surface area contributed by atoms with Crippen molar-refractivity contribution in [2.45, 2.75) is 31.3 Å². The molecule has 3 rings (SSSR count). The van der Waals surface area contributed by atoms with E-state index >= 15 is 0 Å². The second-order valence-electron chi connectivity index (χ2n) is 5.33. The fraction of sp³-hybridized carbons (Fsp3) is 0.312. The maximum absolute atomic E-state index is 12.0. The number of hydrogen-bond donors (Lipinski definition) is 2. The number of para-hydroxylation sites is 1. The molecule has 0 bridgehead atoms. The van der Waals surface area contributed by atoms with Gasteiger partial charge in [-0.05, 0) is 18.6 Å². The van der Waals surface area contributed by atoms with E-state index in [2.05, 4.69) is 32.4 Å². The van der Waals surface area contributed by atoms with Crippen LogP contribution in [0.3, 0.4) is 0 Å². The largest absolute Gasteiger partial charge is 0.301 e. The maximum Gasteiger partial charge on any atom is 0.259 e. The molecule has 0 fully saturated rings. The minimum Gasteiger partial charge on any atom is -0.301 e. The third kappa shape index (κ3) is 4.64. The first-order valence-corrected chi connectivity index (χ1v) is 9.70. The van der Waals surface area contributed by atoms with Crippen molar-refractivity contribution >= 4 is 45.0 Å². The van der Waals surface area contributed by atoms with Gasteiger partial charge in [-0.25, -0.2) is 4.98 Å². The Kier molecular flexibility index (Phi) is 5.77. The van der Waals surface area contributed by atoms with Crippen LogP contribution in [0.1, 0.15) is 24.8 Å². The number of fused-ring (bicyclic) bond motifs is 1. The van der Waals surface area contributed by atoms with Gasteiger partial charge in [0.15, 0.2) is 5.16 Å². The smallest absolute Gasteiger partial charge is 0.259 e. The van der Waals surface area contributed by atoms with Crippen LogP contribution in [0.2, 0.25) is 0 Å². The highest BCUT2D eigenvalue weighted by Crippen LogP contribution is 2.19. The number of aromatic amines is 1. The van der Waals surface area contributed by atoms with E-state index in [4.69, 9.17) is 0 Å². The summed E-state index contributed by atoms with van der Waals surface area (Å²) in [4.78, 5) is 31.1. The number of aryl methyl sites for hydroxylation is 1. The van der Waals surface area contributed by atoms with Gasteiger partial charge in [-0.15, -0.1) is 10.2 Å². The zero-order valence-electron chi connectivity index (χ0n) is 13.6. The summed E-state index contributed by atoms with van der Waals surface area (Å²) < 4.78 is 0. The van der Waals surface area contributed by atoms with Crippen molar-refractivity contribution in [1.29, 1.82) is 0 Å². The predicted molar refractivity (Wildman–Crippen MR) is 100 cm³/mol. The molecule has 0 aliphatic rings. The first-order valence-electron chi connectivity index (χ1n) is 7.90. The average molecular weight is 375 g/mol. The monoisotopic (exact) mass is 375 g/mol. The lowest BCUT2D eigenvalue weighted by Gasteiger charge is -2.02. The summed E-state index contributed by atoms with van der Waals surface area (Å²) in [6, 6.07) is 7.10. The number of nitrogens with zero attached hydrogens (tertiary/aromatic N) is 3. The Balaban J connectivity index is 1.59. The van der Waals surface area contributed by atoms with Crippen LogP contribution in [0.15, 0.2) is 34.2 Å². The van der Waals surface area contributed by atoms with Crippen molar-refractivity contribution in [3.8, 4) is 0 Å². The third-order valence-corrected chi connectivity index (χ3v) is 5.16. The zero-order valence-corrected chi connectivity index (χ0v) is 15.2. The molecule has 2 N–H and O–H groups in total. The molecule has 0 saturated heterocycles. The van der Waals surface area contributed by atoms with Gasteiger partial charge < -0.3 is 4.98 Å². The number of unbranched alkanes of at least 4 members (excludes halogenated alkanes) is 1. The van der Waals surface area contributed by atoms with Crippen molar-refractivity contribution in [3.05, 3.63) is 39.6 Å². The lowest BCUT2D eigenvalue weighted by molar-refractivity contribution is -0.113. The second kappa shape index (κ2) is 8.21. The molecule has 9 heteroatoms. The summed E-state index contributed by atoms with van der Waals surface area (Å²) >= 11 is 2.57. The summed E-state index contributed by atoms with van der Waals surface area (Å²) in [6.07, 6.45) is 3.02. The Morgan fingerprint density at radius 2 is 2.16 bits per heavy atom. The molecular weight excluding hydrogens is 358 g/mol. The molecule has 0 unspecified atom stereocenters. The zero-order chi connectivity index (χ0) is 17.6. The van der Waals surface area contributed by atoms with Crippen LogP contribution in [0.4, 0.5) is 5.13 Å². The molecule has 3 aromatic rings. The number of aromatic nitrogens is 4. The quantitative estimate of drug-likeness (QED) is 0.486. The van der Waals surface area contributed by atoms with E-state index in [1.165, 1.54) is 23.1 Å². The Morgan fingerprint density at radius 1 is 1.32 bits per heavy atom. The topological polar surface area (TPSA) is 101 Å². The minimum atomic E-state index is -0.210. The van der Waals surface area contributed by atoms with Crippen LogP contribution in [0.5, 0.6) is 0 Å². The van der Waals surface area contributed by atoms with E-state index in [1.54, 1.807) is 18.2 Å². The first kappa shape index (κ1) is 17.6. The van der Waals surface area contributed by atoms with Gasteiger partial charge in [-0.3, -0.25) is 14.9 Å². The first-order chi connectivity index (χ1) is 12.2. The van der Waals surface area contributed by atoms with Crippen LogP contribution in [-0.4, -0.2) is 31.8 Å². The maximum atomic E-state index is 12.0. The number of amides is 1. The van der Waals surface area contributed by atoms with Crippen molar-refractivity contribution in [1.82, 2.24) is 20.2 Å². The SMILES string of the molecule is CCCCc1nnc(NC(=O)CSc2nc3ccccc3c(=O)[nH]2)s1. The fourth-order valence-electron chi connectivity index (χ4n) is 2.16. The number of carbonyl (C=O) groups excluding carboxylic acids is 1. The van der Waals surface area contributed by atoms with E-state index in [0.717, 1.165) is 24.3 Å². The van der Waals surface area contributed by atoms with E-state index in [0.29, 0.717) is 21.2 Å². The molecule has 2 aromatic heterocycles. The van der Waals surface area contributed by atoms with E-state index in [1.807, 2.05) is 6.07 Å². The molecule has 1 amide bonds. The summed E-state index contributed by atoms with van der Waals surface area (Å²) in [6.45, 7) is 2.12. The van der Waals surface area contributed by atoms with E-state index < -0.39 is 0 Å². The molecule has 25 heavy (non-hydrogen) atoms. The van der Waals surface area contributed by atoms with Crippen LogP contribution in [0, 0.1) is 0 Å². The molecular formula is C16H17N5O2S2. The van der Waals surface area contributed by atoms with Gasteiger partial charge in [-0.2, -0.15) is 0 Å². The van der Waals surface area contributed by atoms with Gasteiger partial charge in [0.1, 0.15) is 5.01 Å². The lowest BCUT2D eigenvalue weighted by atomic mass is 10.2. The van der Waals surface area contributed by atoms with E-state index in [-0.39, 0.29) is 17.2 Å². The van der Waals surface area contributed by atoms with Gasteiger partial charge in [0, 0.05) is 6.42 Å². The van der Waals surface area contributed by atoms with Crippen LogP contribution in [0.25, 0.3) is 10.9 Å². The van der Waals surface area contributed by atoms with E-state index in [9.17, 15) is 9.59 Å². The van der Waals surface area contributed by atoms with Gasteiger partial charge >= 0.3 is 0 Å². The number of rotatable bonds is 7. The molecule has 130 valence electrons. The van der Waals surface area contributed by atoms with Crippen LogP contribution < -0.4 is 10.9 Å². The number of thioether (sulfide) groups is 1. The average Bonchev–Trinajstić information content (AvgIpc) is 3.05. The number of hydrogen-bond acceptors (Lipinski definition) is 7. The number of H-pyrrole nitrogens is 1. The Labute approximate surface area is 152 Å². The molecule has 0 aliphatic heterocycles. The van der Waals surface area contributed by atoms with Crippen molar-refractivity contribution < 1.29 is 4.79 Å². The van der Waals surface area contributed by atoms with Gasteiger partial charge in [0.25, 0.3) is 5.56 Å². The fourth-order valence-corrected chi connectivity index (χ4v) is 3.62. The molecule has 0 spiro atoms. The molecule has 0 aliphatic carbocycles. The summed E-state index contributed by atoms with van der Waals surface area (Å²) in [5.41, 5.74) is 0.400. The van der Waals surface area contributed by atoms with Gasteiger partial charge in [-0.1, -0.05) is 48.6 Å². The molecule has 2 heterocycles. The van der Waals surface area contributed by atoms with Crippen LogP contribution in [-0.2, 0) is 11.2 Å². The summed E-state index contributed by atoms with van der Waals surface area (Å²) in [5.74, 6) is -0.0791. The predicted octanol–water partition coefficient (Wildman–Crippen LogP) is 2.85. The van der Waals surface area contributed by atoms with Crippen LogP contribution >= 0.6 is 23.1 Å². The Bertz CT molecular complexity index is 937. The molecule has 0 saturated carbocycles. The third-order valence-electron chi connectivity index (χ3n) is 3.39. The standard InChI is InChI=1S/C16H17N5O2S2/c1-2-3-8-13-20-21-16(25-13)18-12(22)9-24-15-17-11-7-5-4-6-10(11)14(23)19-15/h4-7H,2-3,8-9H2,1H3,(H,17,19,23)(H,18,21,22). The second-order valence-corrected chi connectivity index (χ2v) is 7.36. The Morgan fingerprint density at radius 3 is 3.00 bits per heavy atom. The minimum absolute atomic E-state index is 0.130. The summed E-state index contributed by atoms with van der Waals surface area (Å²) in [7, 11) is 0. The molecule has 0 radical (unpaired) electrons. The number of benzene rings is 1. The molecule has 0 atom stereocenters. The van der Waals surface area contributed by atoms with Crippen molar-refractivity contribution in [3.63, 3.8) is 0 Å². The lowest BCUT2D eigenvalue weighted by Crippen LogP contribution is -2.15. The summed E-state index contributed by atoms with van der Waals surface area (Å²) in [5, 5.41) is 13.1. The highest BCUT2D eigenvalue weighted by molar-refractivity contribution is 7.99. The highest BCUT2D eigenvalue weighted by atomic mass is 32.2. The molecule has 7 nitrogen and oxygen atoms in total. The number of nitrogens with one attached hydrogen (secondary N) is 2. The molecule has 1 aromatic carbocycles. The Hall–Kier alpha value is -2.26. The van der Waals surface area contributed by atoms with Gasteiger partial charge in [0.05, 0.1) is 16.7 Å². The highest BCUT2D eigenvalue weighted by Gasteiger charge is 2.10. The number of anilines is 1. The normalized spacial score (nSPS) is 10.9. The van der Waals surface area contributed by atoms with Crippen molar-refractivity contribution in [2.75, 3.05) is 11.1 Å². The van der Waals surface area contributed by atoms with Gasteiger partial charge in [0.2, 0.25) is 11.0 Å². The number of carbonyl (C=O) groups is 1. The van der Waals surface area contributed by atoms with Crippen molar-refractivity contribution in [2.24, 2.45) is 0 Å².